The largest absolute Gasteiger partial charge is 0.460 e. The number of hydrogen-bond donors (Lipinski definition) is 3. The van der Waals surface area contributed by atoms with E-state index in [1.807, 2.05) is 19.9 Å². The second-order valence-electron chi connectivity index (χ2n) is 25.0. The second kappa shape index (κ2) is 31.2. The lowest BCUT2D eigenvalue weighted by Gasteiger charge is -2.43. The molecule has 1 amide bonds. The molecule has 0 spiro atoms. The van der Waals surface area contributed by atoms with Gasteiger partial charge in [0.2, 0.25) is 5.79 Å². The van der Waals surface area contributed by atoms with Crippen molar-refractivity contribution in [3.63, 3.8) is 0 Å². The van der Waals surface area contributed by atoms with Gasteiger partial charge < -0.3 is 53.4 Å². The molecule has 1 saturated carbocycles. The molecule has 0 aromatic rings. The number of Topliss-reactive ketones (excluding diaryl/α,β-unsaturated/α-hetero) is 3. The number of aliphatic hydroxyl groups is 3. The zero-order chi connectivity index (χ0) is 62.4. The van der Waals surface area contributed by atoms with E-state index in [0.717, 1.165) is 11.3 Å². The third-order valence-electron chi connectivity index (χ3n) is 17.3. The predicted molar refractivity (Wildman–Crippen MR) is 300 cm³/mol. The average Bonchev–Trinajstić information content (AvgIpc) is 2.75. The van der Waals surface area contributed by atoms with Crippen LogP contribution in [-0.2, 0) is 57.1 Å². The van der Waals surface area contributed by atoms with Crippen LogP contribution in [0.2, 0.25) is 0 Å². The standard InChI is InChI=1S/C62H96F5NO15/c1-37-19-15-14-16-20-38(2)50(83-58(8,9)26-29-80-59(10,11)61(63,64)62(65,66)67)35-45-24-22-43(7)60(76,82-45)55(73)56(74)68-27-18-17-21-46(68)57(75)81-49(40(4)33-44-23-25-48(79-30-28-69)51(34-44)77-12)36-47(70)39(3)32-42(6)53(72)54(78-13)52(71)41(5)31-37/h14-16,19-20,32,37,39-41,43-46,48-51,53-54,69,72,76H,17-18,21-31,33-36H2,1-13H3/b16-14+,19-15+,38-20+,42-32+/t37-,39-,40-,41-,43-,44?,45+,46+,48-,49?,50-,51-,53-,54+,60-/m1/s1. The lowest BCUT2D eigenvalue weighted by atomic mass is 9.78. The Morgan fingerprint density at radius 1 is 0.831 bits per heavy atom. The van der Waals surface area contributed by atoms with Gasteiger partial charge in [-0.3, -0.25) is 19.2 Å². The molecule has 0 radical (unpaired) electrons. The summed E-state index contributed by atoms with van der Waals surface area (Å²) in [4.78, 5) is 73.2. The highest BCUT2D eigenvalue weighted by Crippen LogP contribution is 2.46. The number of ketones is 3. The van der Waals surface area contributed by atoms with Gasteiger partial charge in [-0.15, -0.1) is 0 Å². The van der Waals surface area contributed by atoms with E-state index in [2.05, 4.69) is 0 Å². The number of ether oxygens (including phenoxy) is 7. The summed E-state index contributed by atoms with van der Waals surface area (Å²) in [7, 11) is 2.92. The molecule has 0 aromatic carbocycles. The Kier molecular flexibility index (Phi) is 27.0. The van der Waals surface area contributed by atoms with E-state index in [1.54, 1.807) is 86.0 Å². The number of fused-ring (bicyclic) bond motifs is 3. The van der Waals surface area contributed by atoms with Gasteiger partial charge in [-0.05, 0) is 141 Å². The van der Waals surface area contributed by atoms with E-state index in [9.17, 15) is 61.2 Å². The molecule has 21 heteroatoms. The summed E-state index contributed by atoms with van der Waals surface area (Å²) in [6.45, 7) is 16.1. The highest BCUT2D eigenvalue weighted by Gasteiger charge is 2.67. The van der Waals surface area contributed by atoms with Crippen LogP contribution in [0.25, 0.3) is 0 Å². The van der Waals surface area contributed by atoms with E-state index < -0.39 is 114 Å². The zero-order valence-corrected chi connectivity index (χ0v) is 51.1. The van der Waals surface area contributed by atoms with Gasteiger partial charge >= 0.3 is 18.1 Å². The molecule has 3 heterocycles. The molecule has 3 aliphatic heterocycles. The zero-order valence-electron chi connectivity index (χ0n) is 51.1. The molecular formula is C62H96F5NO15. The summed E-state index contributed by atoms with van der Waals surface area (Å²) >= 11 is 0. The topological polar surface area (TPSA) is 214 Å². The maximum atomic E-state index is 14.7. The minimum atomic E-state index is -5.86. The lowest BCUT2D eigenvalue weighted by molar-refractivity contribution is -0.342. The Hall–Kier alpha value is -3.80. The number of carbonyl (C=O) groups is 5. The minimum Gasteiger partial charge on any atom is -0.460 e. The molecule has 2 saturated heterocycles. The van der Waals surface area contributed by atoms with Crippen LogP contribution in [0.1, 0.15) is 160 Å². The molecule has 0 aromatic heterocycles. The van der Waals surface area contributed by atoms with Crippen LogP contribution in [0.5, 0.6) is 0 Å². The first-order chi connectivity index (χ1) is 38.6. The maximum Gasteiger partial charge on any atom is 0.456 e. The van der Waals surface area contributed by atoms with Gasteiger partial charge in [0.1, 0.15) is 35.7 Å². The SMILES string of the molecule is CO[C@@H]1CC(C[C@@H](C)C2CC(=O)[C@H](C)/C=C(\C)[C@@H](O)[C@@H](OC)C(=O)[C@H](C)C[C@H](C)/C=C/C=C/C=C(\C)[C@H](OC(C)(C)CCOC(C)(C)C(F)(F)C(F)(F)F)C[C@@H]3CC[C@@H](C)[C@@](O)(O3)C(=O)C(=O)N3CCCC[C@H]3C(=O)O2)CC[C@H]1OCCO. The molecule has 3 N–H and O–H groups in total. The first-order valence-electron chi connectivity index (χ1n) is 29.6. The smallest absolute Gasteiger partial charge is 0.456 e. The number of nitrogens with zero attached hydrogens (tertiary/aromatic N) is 1. The van der Waals surface area contributed by atoms with Crippen LogP contribution in [0, 0.1) is 35.5 Å². The molecule has 15 atom stereocenters. The Morgan fingerprint density at radius 3 is 2.16 bits per heavy atom. The summed E-state index contributed by atoms with van der Waals surface area (Å²) in [5.74, 6) is -14.6. The number of methoxy groups -OCH3 is 2. The predicted octanol–water partition coefficient (Wildman–Crippen LogP) is 9.73. The molecule has 4 aliphatic rings. The van der Waals surface area contributed by atoms with Crippen molar-refractivity contribution in [1.82, 2.24) is 4.90 Å². The number of hydrogen-bond acceptors (Lipinski definition) is 15. The lowest BCUT2D eigenvalue weighted by Crippen LogP contribution is -2.61. The quantitative estimate of drug-likeness (QED) is 0.0602. The molecule has 2 unspecified atom stereocenters. The minimum absolute atomic E-state index is 0.0137. The van der Waals surface area contributed by atoms with E-state index in [0.29, 0.717) is 69.9 Å². The van der Waals surface area contributed by atoms with Gasteiger partial charge in [-0.25, -0.2) is 4.79 Å². The first-order valence-corrected chi connectivity index (χ1v) is 29.6. The third kappa shape index (κ3) is 19.3. The van der Waals surface area contributed by atoms with Gasteiger partial charge in [0.25, 0.3) is 11.7 Å². The molecule has 16 nitrogen and oxygen atoms in total. The van der Waals surface area contributed by atoms with E-state index >= 15 is 0 Å². The highest BCUT2D eigenvalue weighted by atomic mass is 19.4. The number of aliphatic hydroxyl groups excluding tert-OH is 2. The third-order valence-corrected chi connectivity index (χ3v) is 17.3. The van der Waals surface area contributed by atoms with Gasteiger partial charge in [-0.1, -0.05) is 71.1 Å². The van der Waals surface area contributed by atoms with E-state index in [4.69, 9.17) is 33.2 Å². The fourth-order valence-electron chi connectivity index (χ4n) is 11.8. The number of piperidine rings is 1. The van der Waals surface area contributed by atoms with Crippen LogP contribution in [-0.4, -0.2) is 168 Å². The number of carbonyl (C=O) groups excluding carboxylic acids is 5. The number of amides is 1. The summed E-state index contributed by atoms with van der Waals surface area (Å²) in [6.07, 6.45) is 2.61. The number of halogens is 5. The summed E-state index contributed by atoms with van der Waals surface area (Å²) in [6, 6.07) is -1.27. The van der Waals surface area contributed by atoms with Crippen molar-refractivity contribution < 1.29 is 94.4 Å². The Balaban J connectivity index is 1.74. The summed E-state index contributed by atoms with van der Waals surface area (Å²) in [5, 5.41) is 33.3. The maximum absolute atomic E-state index is 14.7. The fraction of sp³-hybridized carbons (Fsp3) is 0.790. The number of rotatable bonds is 15. The Morgan fingerprint density at radius 2 is 1.52 bits per heavy atom. The van der Waals surface area contributed by atoms with Crippen LogP contribution < -0.4 is 0 Å². The number of esters is 1. The van der Waals surface area contributed by atoms with Crippen molar-refractivity contribution in [2.45, 2.75) is 237 Å². The molecular weight excluding hydrogens is 1090 g/mol. The monoisotopic (exact) mass is 1190 g/mol. The van der Waals surface area contributed by atoms with Gasteiger partial charge in [0, 0.05) is 51.4 Å². The Bertz CT molecular complexity index is 2280. The van der Waals surface area contributed by atoms with Crippen molar-refractivity contribution in [2.75, 3.05) is 40.6 Å². The second-order valence-corrected chi connectivity index (χ2v) is 25.0. The highest BCUT2D eigenvalue weighted by molar-refractivity contribution is 6.39. The molecule has 83 heavy (non-hydrogen) atoms. The van der Waals surface area contributed by atoms with Gasteiger partial charge in [0.05, 0.1) is 49.8 Å². The molecule has 3 fully saturated rings. The van der Waals surface area contributed by atoms with Gasteiger partial charge in [-0.2, -0.15) is 22.0 Å². The van der Waals surface area contributed by atoms with Crippen molar-refractivity contribution >= 4 is 29.2 Å². The number of cyclic esters (lactones) is 1. The van der Waals surface area contributed by atoms with Crippen LogP contribution in [0.4, 0.5) is 22.0 Å². The summed E-state index contributed by atoms with van der Waals surface area (Å²) < 4.78 is 111. The van der Waals surface area contributed by atoms with E-state index in [1.165, 1.54) is 7.11 Å². The first kappa shape index (κ1) is 71.7. The number of alkyl halides is 5. The van der Waals surface area contributed by atoms with E-state index in [-0.39, 0.29) is 87.5 Å². The summed E-state index contributed by atoms with van der Waals surface area (Å²) in [5.41, 5.74) is -3.23. The molecule has 4 rings (SSSR count). The normalized spacial score (nSPS) is 35.1. The molecule has 474 valence electrons. The van der Waals surface area contributed by atoms with Crippen molar-refractivity contribution in [2.24, 2.45) is 35.5 Å². The number of allylic oxidation sites excluding steroid dienone is 6. The molecule has 2 bridgehead atoms. The van der Waals surface area contributed by atoms with Crippen LogP contribution >= 0.6 is 0 Å². The Labute approximate surface area is 488 Å². The van der Waals surface area contributed by atoms with Crippen molar-refractivity contribution in [3.8, 4) is 0 Å². The van der Waals surface area contributed by atoms with Crippen LogP contribution in [0.3, 0.4) is 0 Å². The van der Waals surface area contributed by atoms with Gasteiger partial charge in [0.15, 0.2) is 5.78 Å². The van der Waals surface area contributed by atoms with Crippen molar-refractivity contribution in [3.05, 3.63) is 47.6 Å². The molecule has 1 aliphatic carbocycles. The van der Waals surface area contributed by atoms with Crippen LogP contribution in [0.15, 0.2) is 47.6 Å². The fourth-order valence-corrected chi connectivity index (χ4v) is 11.8. The van der Waals surface area contributed by atoms with Crippen molar-refractivity contribution in [1.29, 1.82) is 0 Å². The average molecular weight is 1190 g/mol.